The van der Waals surface area contributed by atoms with E-state index in [4.69, 9.17) is 11.6 Å². The molecule has 1 amide bonds. The summed E-state index contributed by atoms with van der Waals surface area (Å²) in [5.41, 5.74) is 2.39. The van der Waals surface area contributed by atoms with E-state index in [2.05, 4.69) is 20.1 Å². The zero-order valence-corrected chi connectivity index (χ0v) is 18.0. The summed E-state index contributed by atoms with van der Waals surface area (Å²) in [4.78, 5) is 27.5. The highest BCUT2D eigenvalue weighted by Gasteiger charge is 2.38. The molecule has 1 N–H and O–H groups in total. The standard InChI is InChI=1S/C21H18ClFN6OS/c22-19-12(9-28(27-19)8-11-4-5-11)21(30)29-7-6-14-17(25-10-24-14)18(29)20-26-16-13(23)2-1-3-15(16)31-20/h1-3,9-11,18H,4-8H2,(H,24,25)/t18-/m0/s1. The van der Waals surface area contributed by atoms with Crippen LogP contribution in [0, 0.1) is 11.7 Å². The number of halogens is 2. The van der Waals surface area contributed by atoms with Crippen molar-refractivity contribution >= 4 is 39.1 Å². The monoisotopic (exact) mass is 456 g/mol. The molecule has 2 aliphatic rings. The minimum Gasteiger partial charge on any atom is -0.348 e. The summed E-state index contributed by atoms with van der Waals surface area (Å²) in [7, 11) is 0. The molecule has 7 nitrogen and oxygen atoms in total. The molecule has 158 valence electrons. The van der Waals surface area contributed by atoms with Crippen LogP contribution >= 0.6 is 22.9 Å². The number of nitrogens with zero attached hydrogens (tertiary/aromatic N) is 5. The largest absolute Gasteiger partial charge is 0.348 e. The molecule has 1 aliphatic heterocycles. The molecule has 1 aliphatic carbocycles. The number of nitrogens with one attached hydrogen (secondary N) is 1. The zero-order chi connectivity index (χ0) is 21.1. The second kappa shape index (κ2) is 7.13. The number of para-hydroxylation sites is 1. The van der Waals surface area contributed by atoms with Crippen molar-refractivity contribution < 1.29 is 9.18 Å². The van der Waals surface area contributed by atoms with Gasteiger partial charge in [-0.25, -0.2) is 14.4 Å². The molecule has 10 heteroatoms. The van der Waals surface area contributed by atoms with Crippen molar-refractivity contribution in [3.63, 3.8) is 0 Å². The number of carbonyl (C=O) groups excluding carboxylic acids is 1. The van der Waals surface area contributed by atoms with Gasteiger partial charge in [0.25, 0.3) is 5.91 Å². The summed E-state index contributed by atoms with van der Waals surface area (Å²) in [6.45, 7) is 1.25. The van der Waals surface area contributed by atoms with Gasteiger partial charge < -0.3 is 9.88 Å². The summed E-state index contributed by atoms with van der Waals surface area (Å²) in [5.74, 6) is 0.0247. The first-order chi connectivity index (χ1) is 15.1. The highest BCUT2D eigenvalue weighted by molar-refractivity contribution is 7.18. The molecule has 1 atom stereocenters. The summed E-state index contributed by atoms with van der Waals surface area (Å²) in [5, 5.41) is 5.16. The van der Waals surface area contributed by atoms with Crippen molar-refractivity contribution in [1.29, 1.82) is 0 Å². The predicted octanol–water partition coefficient (Wildman–Crippen LogP) is 4.21. The number of amides is 1. The minimum absolute atomic E-state index is 0.201. The number of imidazole rings is 1. The molecule has 0 unspecified atom stereocenters. The van der Waals surface area contributed by atoms with Gasteiger partial charge in [0.15, 0.2) is 5.15 Å². The van der Waals surface area contributed by atoms with E-state index in [1.807, 2.05) is 6.07 Å². The number of H-pyrrole nitrogens is 1. The normalized spacial score (nSPS) is 18.5. The average molecular weight is 457 g/mol. The van der Waals surface area contributed by atoms with Crippen LogP contribution in [0.2, 0.25) is 5.15 Å². The second-order valence-corrected chi connectivity index (χ2v) is 9.48. The maximum absolute atomic E-state index is 14.3. The number of aromatic nitrogens is 5. The van der Waals surface area contributed by atoms with E-state index in [1.165, 1.54) is 30.2 Å². The van der Waals surface area contributed by atoms with Crippen molar-refractivity contribution in [2.45, 2.75) is 31.8 Å². The average Bonchev–Trinajstić information content (AvgIpc) is 3.15. The maximum atomic E-state index is 14.3. The molecule has 6 rings (SSSR count). The Balaban J connectivity index is 1.42. The minimum atomic E-state index is -0.512. The van der Waals surface area contributed by atoms with Crippen LogP contribution in [0.3, 0.4) is 0 Å². The number of benzene rings is 1. The molecule has 4 heterocycles. The fraction of sp³-hybridized carbons (Fsp3) is 0.333. The van der Waals surface area contributed by atoms with Crippen molar-refractivity contribution in [3.05, 3.63) is 63.7 Å². The Bertz CT molecular complexity index is 1310. The number of hydrogen-bond acceptors (Lipinski definition) is 5. The van der Waals surface area contributed by atoms with E-state index >= 15 is 0 Å². The van der Waals surface area contributed by atoms with Crippen molar-refractivity contribution in [2.24, 2.45) is 5.92 Å². The molecule has 0 bridgehead atoms. The molecule has 0 spiro atoms. The molecule has 1 aromatic carbocycles. The zero-order valence-electron chi connectivity index (χ0n) is 16.4. The molecule has 1 saturated carbocycles. The van der Waals surface area contributed by atoms with Gasteiger partial charge in [0.05, 0.1) is 22.3 Å². The quantitative estimate of drug-likeness (QED) is 0.499. The third kappa shape index (κ3) is 3.23. The van der Waals surface area contributed by atoms with E-state index in [-0.39, 0.29) is 16.9 Å². The van der Waals surface area contributed by atoms with E-state index in [9.17, 15) is 9.18 Å². The van der Waals surface area contributed by atoms with E-state index in [0.29, 0.717) is 35.0 Å². The Morgan fingerprint density at radius 3 is 3.03 bits per heavy atom. The lowest BCUT2D eigenvalue weighted by atomic mass is 10.0. The van der Waals surface area contributed by atoms with Crippen molar-refractivity contribution in [2.75, 3.05) is 6.54 Å². The topological polar surface area (TPSA) is 79.7 Å². The fourth-order valence-electron chi connectivity index (χ4n) is 4.15. The Morgan fingerprint density at radius 2 is 2.23 bits per heavy atom. The van der Waals surface area contributed by atoms with Crippen LogP contribution in [-0.4, -0.2) is 42.1 Å². The lowest BCUT2D eigenvalue weighted by Gasteiger charge is -2.33. The van der Waals surface area contributed by atoms with E-state index < -0.39 is 6.04 Å². The van der Waals surface area contributed by atoms with Crippen LogP contribution in [-0.2, 0) is 13.0 Å². The molecule has 0 radical (unpaired) electrons. The van der Waals surface area contributed by atoms with Crippen LogP contribution in [0.25, 0.3) is 10.2 Å². The first-order valence-electron chi connectivity index (χ1n) is 10.2. The van der Waals surface area contributed by atoms with Gasteiger partial charge in [-0.3, -0.25) is 9.48 Å². The molecule has 31 heavy (non-hydrogen) atoms. The van der Waals surface area contributed by atoms with Gasteiger partial charge in [-0.05, 0) is 30.9 Å². The lowest BCUT2D eigenvalue weighted by molar-refractivity contribution is 0.0690. The second-order valence-electron chi connectivity index (χ2n) is 8.06. The Hall–Kier alpha value is -2.78. The number of hydrogen-bond donors (Lipinski definition) is 1. The number of rotatable bonds is 4. The fourth-order valence-corrected chi connectivity index (χ4v) is 5.47. The molecule has 4 aromatic rings. The molecule has 3 aromatic heterocycles. The lowest BCUT2D eigenvalue weighted by Crippen LogP contribution is -2.40. The van der Waals surface area contributed by atoms with Crippen LogP contribution in [0.5, 0.6) is 0 Å². The number of aromatic amines is 1. The van der Waals surface area contributed by atoms with Gasteiger partial charge in [-0.2, -0.15) is 5.10 Å². The van der Waals surface area contributed by atoms with E-state index in [1.54, 1.807) is 28.2 Å². The van der Waals surface area contributed by atoms with Gasteiger partial charge in [0, 0.05) is 31.4 Å². The van der Waals surface area contributed by atoms with Crippen LogP contribution in [0.15, 0.2) is 30.7 Å². The first-order valence-corrected chi connectivity index (χ1v) is 11.4. The summed E-state index contributed by atoms with van der Waals surface area (Å²) in [6.07, 6.45) is 6.37. The summed E-state index contributed by atoms with van der Waals surface area (Å²) < 4.78 is 16.8. The highest BCUT2D eigenvalue weighted by atomic mass is 35.5. The predicted molar refractivity (Wildman–Crippen MR) is 115 cm³/mol. The Morgan fingerprint density at radius 1 is 1.35 bits per heavy atom. The smallest absolute Gasteiger partial charge is 0.259 e. The third-order valence-corrected chi connectivity index (χ3v) is 7.25. The van der Waals surface area contributed by atoms with Gasteiger partial charge >= 0.3 is 0 Å². The molecular weight excluding hydrogens is 439 g/mol. The Labute approximate surface area is 185 Å². The van der Waals surface area contributed by atoms with Crippen molar-refractivity contribution in [3.8, 4) is 0 Å². The number of thiazole rings is 1. The van der Waals surface area contributed by atoms with Crippen LogP contribution in [0.1, 0.15) is 45.6 Å². The van der Waals surface area contributed by atoms with Crippen LogP contribution in [0.4, 0.5) is 4.39 Å². The van der Waals surface area contributed by atoms with Gasteiger partial charge in [0.1, 0.15) is 22.4 Å². The van der Waals surface area contributed by atoms with Gasteiger partial charge in [0.2, 0.25) is 0 Å². The van der Waals surface area contributed by atoms with E-state index in [0.717, 1.165) is 22.6 Å². The molecule has 1 fully saturated rings. The number of carbonyl (C=O) groups is 1. The maximum Gasteiger partial charge on any atom is 0.259 e. The molecular formula is C21H18ClFN6OS. The van der Waals surface area contributed by atoms with Crippen LogP contribution < -0.4 is 0 Å². The summed E-state index contributed by atoms with van der Waals surface area (Å²) in [6, 6.07) is 4.38. The van der Waals surface area contributed by atoms with Crippen molar-refractivity contribution in [1.82, 2.24) is 29.6 Å². The summed E-state index contributed by atoms with van der Waals surface area (Å²) >= 11 is 7.73. The number of fused-ring (bicyclic) bond motifs is 2. The van der Waals surface area contributed by atoms with Gasteiger partial charge in [-0.1, -0.05) is 17.7 Å². The SMILES string of the molecule is O=C(c1cn(CC2CC2)nc1Cl)N1CCc2[nH]cnc2[C@H]1c1nc2c(F)cccc2s1. The first kappa shape index (κ1) is 18.9. The molecule has 0 saturated heterocycles. The highest BCUT2D eigenvalue weighted by Crippen LogP contribution is 2.39. The van der Waals surface area contributed by atoms with Gasteiger partial charge in [-0.15, -0.1) is 11.3 Å². The third-order valence-electron chi connectivity index (χ3n) is 5.90. The Kier molecular flexibility index (Phi) is 4.36.